The highest BCUT2D eigenvalue weighted by Gasteiger charge is 2.25. The summed E-state index contributed by atoms with van der Waals surface area (Å²) in [6, 6.07) is 0.388. The Bertz CT molecular complexity index is 407. The molecule has 6 heteroatoms. The summed E-state index contributed by atoms with van der Waals surface area (Å²) < 4.78 is 0. The molecule has 0 unspecified atom stereocenters. The third-order valence-corrected chi connectivity index (χ3v) is 3.58. The minimum atomic E-state index is -0.0639. The van der Waals surface area contributed by atoms with E-state index in [1.54, 1.807) is 7.05 Å². The fourth-order valence-electron chi connectivity index (χ4n) is 2.46. The maximum absolute atomic E-state index is 11.7. The van der Waals surface area contributed by atoms with Crippen LogP contribution in [-0.4, -0.2) is 48.9 Å². The molecule has 0 atom stereocenters. The summed E-state index contributed by atoms with van der Waals surface area (Å²) in [6.07, 6.45) is 7.94. The van der Waals surface area contributed by atoms with E-state index >= 15 is 0 Å². The molecule has 1 heterocycles. The summed E-state index contributed by atoms with van der Waals surface area (Å²) in [7, 11) is 1.72. The number of nitrogens with one attached hydrogen (secondary N) is 2. The normalized spacial score (nSPS) is 20.6. The van der Waals surface area contributed by atoms with Crippen molar-refractivity contribution in [3.05, 3.63) is 12.2 Å². The summed E-state index contributed by atoms with van der Waals surface area (Å²) in [4.78, 5) is 28.8. The first-order valence-electron chi connectivity index (χ1n) is 7.16. The molecule has 1 fully saturated rings. The summed E-state index contributed by atoms with van der Waals surface area (Å²) in [6.45, 7) is 0.929. The summed E-state index contributed by atoms with van der Waals surface area (Å²) in [5.41, 5.74) is 0. The van der Waals surface area contributed by atoms with Crippen molar-refractivity contribution >= 4 is 17.8 Å². The Morgan fingerprint density at radius 1 is 1.30 bits per heavy atom. The summed E-state index contributed by atoms with van der Waals surface area (Å²) in [5.74, 6) is 0.590. The van der Waals surface area contributed by atoms with Crippen LogP contribution >= 0.6 is 0 Å². The van der Waals surface area contributed by atoms with Crippen LogP contribution in [0.4, 0.5) is 0 Å². The number of amides is 2. The zero-order valence-corrected chi connectivity index (χ0v) is 11.9. The number of aliphatic imine (C=N–C) groups is 1. The van der Waals surface area contributed by atoms with Gasteiger partial charge in [0.25, 0.3) is 0 Å². The number of imide groups is 1. The molecule has 1 aliphatic heterocycles. The molecule has 0 bridgehead atoms. The molecular weight excluding hydrogens is 256 g/mol. The van der Waals surface area contributed by atoms with Gasteiger partial charge in [0, 0.05) is 39.0 Å². The molecule has 110 valence electrons. The molecule has 2 N–H and O–H groups in total. The topological polar surface area (TPSA) is 73.8 Å². The van der Waals surface area contributed by atoms with Gasteiger partial charge in [0.05, 0.1) is 0 Å². The number of guanidine groups is 1. The van der Waals surface area contributed by atoms with Crippen molar-refractivity contribution in [2.24, 2.45) is 4.99 Å². The van der Waals surface area contributed by atoms with Crippen molar-refractivity contribution in [2.45, 2.75) is 38.1 Å². The van der Waals surface area contributed by atoms with Crippen molar-refractivity contribution in [1.29, 1.82) is 0 Å². The van der Waals surface area contributed by atoms with E-state index < -0.39 is 0 Å². The van der Waals surface area contributed by atoms with Crippen molar-refractivity contribution in [2.75, 3.05) is 20.1 Å². The van der Waals surface area contributed by atoms with Crippen molar-refractivity contribution < 1.29 is 9.59 Å². The molecule has 6 nitrogen and oxygen atoms in total. The lowest BCUT2D eigenvalue weighted by Crippen LogP contribution is -2.48. The minimum Gasteiger partial charge on any atom is -0.355 e. The van der Waals surface area contributed by atoms with Gasteiger partial charge < -0.3 is 10.6 Å². The number of likely N-dealkylation sites (tertiary alicyclic amines) is 1. The second kappa shape index (κ2) is 7.07. The van der Waals surface area contributed by atoms with Crippen LogP contribution in [0, 0.1) is 0 Å². The Kier molecular flexibility index (Phi) is 5.15. The first kappa shape index (κ1) is 14.6. The van der Waals surface area contributed by atoms with E-state index in [-0.39, 0.29) is 11.8 Å². The molecule has 2 aliphatic rings. The Balaban J connectivity index is 1.73. The minimum absolute atomic E-state index is 0.0639. The van der Waals surface area contributed by atoms with Crippen LogP contribution in [0.15, 0.2) is 17.1 Å². The van der Waals surface area contributed by atoms with Gasteiger partial charge in [0.1, 0.15) is 0 Å². The summed E-state index contributed by atoms with van der Waals surface area (Å²) in [5, 5.41) is 6.46. The fourth-order valence-corrected chi connectivity index (χ4v) is 2.46. The molecule has 0 aromatic carbocycles. The molecule has 0 aromatic heterocycles. The molecular formula is C14H22N4O2. The van der Waals surface area contributed by atoms with Gasteiger partial charge in [0.15, 0.2) is 5.96 Å². The second-order valence-electron chi connectivity index (χ2n) is 5.08. The van der Waals surface area contributed by atoms with Gasteiger partial charge in [-0.15, -0.1) is 0 Å². The van der Waals surface area contributed by atoms with Gasteiger partial charge in [-0.3, -0.25) is 19.5 Å². The van der Waals surface area contributed by atoms with Crippen LogP contribution in [0.2, 0.25) is 0 Å². The van der Waals surface area contributed by atoms with E-state index in [0.29, 0.717) is 38.4 Å². The lowest BCUT2D eigenvalue weighted by molar-refractivity contribution is -0.147. The average molecular weight is 278 g/mol. The SMILES string of the molecule is CN=C(NCCN1C(=O)CCCC1=O)NC1CC=CC1. The molecule has 20 heavy (non-hydrogen) atoms. The Morgan fingerprint density at radius 3 is 2.55 bits per heavy atom. The monoisotopic (exact) mass is 278 g/mol. The van der Waals surface area contributed by atoms with Gasteiger partial charge in [-0.1, -0.05) is 12.2 Å². The van der Waals surface area contributed by atoms with Gasteiger partial charge >= 0.3 is 0 Å². The van der Waals surface area contributed by atoms with Crippen LogP contribution in [0.25, 0.3) is 0 Å². The number of hydrogen-bond donors (Lipinski definition) is 2. The second-order valence-corrected chi connectivity index (χ2v) is 5.08. The number of carbonyl (C=O) groups excluding carboxylic acids is 2. The van der Waals surface area contributed by atoms with Gasteiger partial charge in [-0.2, -0.15) is 0 Å². The Labute approximate surface area is 119 Å². The van der Waals surface area contributed by atoms with Crippen molar-refractivity contribution in [3.8, 4) is 0 Å². The van der Waals surface area contributed by atoms with Crippen LogP contribution in [-0.2, 0) is 9.59 Å². The predicted octanol–water partition coefficient (Wildman–Crippen LogP) is 0.409. The van der Waals surface area contributed by atoms with E-state index in [9.17, 15) is 9.59 Å². The van der Waals surface area contributed by atoms with Gasteiger partial charge in [-0.05, 0) is 19.3 Å². The fraction of sp³-hybridized carbons (Fsp3) is 0.643. The van der Waals surface area contributed by atoms with E-state index in [2.05, 4.69) is 27.8 Å². The smallest absolute Gasteiger partial charge is 0.229 e. The molecule has 0 spiro atoms. The summed E-state index contributed by atoms with van der Waals surface area (Å²) >= 11 is 0. The van der Waals surface area contributed by atoms with Crippen LogP contribution < -0.4 is 10.6 Å². The van der Waals surface area contributed by atoms with Crippen molar-refractivity contribution in [3.63, 3.8) is 0 Å². The third-order valence-electron chi connectivity index (χ3n) is 3.58. The highest BCUT2D eigenvalue weighted by molar-refractivity contribution is 5.97. The number of carbonyl (C=O) groups is 2. The molecule has 0 radical (unpaired) electrons. The number of nitrogens with zero attached hydrogens (tertiary/aromatic N) is 2. The molecule has 0 aromatic rings. The molecule has 2 amide bonds. The zero-order valence-electron chi connectivity index (χ0n) is 11.9. The molecule has 2 rings (SSSR count). The van der Waals surface area contributed by atoms with Gasteiger partial charge in [0.2, 0.25) is 11.8 Å². The van der Waals surface area contributed by atoms with Crippen LogP contribution in [0.1, 0.15) is 32.1 Å². The predicted molar refractivity (Wildman–Crippen MR) is 77.2 cm³/mol. The quantitative estimate of drug-likeness (QED) is 0.338. The standard InChI is InChI=1S/C14H22N4O2/c1-15-14(17-11-5-2-3-6-11)16-9-10-18-12(19)7-4-8-13(18)20/h2-3,11H,4-10H2,1H3,(H2,15,16,17). The van der Waals surface area contributed by atoms with Crippen LogP contribution in [0.5, 0.6) is 0 Å². The van der Waals surface area contributed by atoms with Crippen molar-refractivity contribution in [1.82, 2.24) is 15.5 Å². The van der Waals surface area contributed by atoms with Gasteiger partial charge in [-0.25, -0.2) is 0 Å². The maximum atomic E-state index is 11.7. The largest absolute Gasteiger partial charge is 0.355 e. The molecule has 1 aliphatic carbocycles. The van der Waals surface area contributed by atoms with E-state index in [1.807, 2.05) is 0 Å². The Hall–Kier alpha value is -1.85. The first-order chi connectivity index (χ1) is 9.70. The van der Waals surface area contributed by atoms with E-state index in [4.69, 9.17) is 0 Å². The average Bonchev–Trinajstić information content (AvgIpc) is 2.93. The first-order valence-corrected chi connectivity index (χ1v) is 7.16. The highest BCUT2D eigenvalue weighted by atomic mass is 16.2. The van der Waals surface area contributed by atoms with E-state index in [0.717, 1.165) is 18.8 Å². The number of rotatable bonds is 4. The van der Waals surface area contributed by atoms with E-state index in [1.165, 1.54) is 4.90 Å². The molecule has 0 saturated carbocycles. The lowest BCUT2D eigenvalue weighted by atomic mass is 10.1. The highest BCUT2D eigenvalue weighted by Crippen LogP contribution is 2.11. The molecule has 1 saturated heterocycles. The zero-order chi connectivity index (χ0) is 14.4. The lowest BCUT2D eigenvalue weighted by Gasteiger charge is -2.25. The Morgan fingerprint density at radius 2 is 1.95 bits per heavy atom. The third kappa shape index (κ3) is 3.82. The number of hydrogen-bond acceptors (Lipinski definition) is 3. The van der Waals surface area contributed by atoms with Crippen LogP contribution in [0.3, 0.4) is 0 Å². The number of piperidine rings is 1. The maximum Gasteiger partial charge on any atom is 0.229 e.